The van der Waals surface area contributed by atoms with Gasteiger partial charge in [0.15, 0.2) is 5.16 Å². The number of halogens is 1. The molecule has 0 spiro atoms. The predicted octanol–water partition coefficient (Wildman–Crippen LogP) is 3.80. The van der Waals surface area contributed by atoms with Gasteiger partial charge in [-0.15, -0.1) is 0 Å². The second-order valence-electron chi connectivity index (χ2n) is 5.95. The lowest BCUT2D eigenvalue weighted by atomic mass is 10.2. The molecule has 1 aromatic heterocycles. The number of para-hydroxylation sites is 2. The highest BCUT2D eigenvalue weighted by atomic mass is 32.2. The van der Waals surface area contributed by atoms with Crippen molar-refractivity contribution in [2.24, 2.45) is 0 Å². The van der Waals surface area contributed by atoms with Gasteiger partial charge < -0.3 is 4.74 Å². The van der Waals surface area contributed by atoms with E-state index >= 15 is 0 Å². The summed E-state index contributed by atoms with van der Waals surface area (Å²) in [5, 5.41) is 0.969. The smallest absolute Gasteiger partial charge is 0.266 e. The Kier molecular flexibility index (Phi) is 4.55. The molecule has 0 aliphatic carbocycles. The van der Waals surface area contributed by atoms with E-state index in [4.69, 9.17) is 4.74 Å². The Hall–Kier alpha value is -2.18. The number of aromatic nitrogens is 2. The van der Waals surface area contributed by atoms with Crippen LogP contribution in [0.2, 0.25) is 0 Å². The maximum absolute atomic E-state index is 14.4. The van der Waals surface area contributed by atoms with Crippen LogP contribution in [0, 0.1) is 5.82 Å². The van der Waals surface area contributed by atoms with Crippen LogP contribution in [-0.4, -0.2) is 28.0 Å². The van der Waals surface area contributed by atoms with Crippen molar-refractivity contribution < 1.29 is 9.13 Å². The topological polar surface area (TPSA) is 44.1 Å². The van der Waals surface area contributed by atoms with Crippen LogP contribution >= 0.6 is 11.8 Å². The Labute approximate surface area is 148 Å². The van der Waals surface area contributed by atoms with Crippen LogP contribution in [-0.2, 0) is 4.74 Å². The normalized spacial score (nSPS) is 17.2. The Morgan fingerprint density at radius 1 is 1.20 bits per heavy atom. The molecule has 3 aromatic rings. The van der Waals surface area contributed by atoms with Gasteiger partial charge in [0.05, 0.1) is 22.7 Å². The van der Waals surface area contributed by atoms with Gasteiger partial charge in [0, 0.05) is 12.4 Å². The van der Waals surface area contributed by atoms with Crippen LogP contribution in [0.15, 0.2) is 58.5 Å². The van der Waals surface area contributed by atoms with Crippen molar-refractivity contribution in [1.29, 1.82) is 0 Å². The number of benzene rings is 2. The lowest BCUT2D eigenvalue weighted by molar-refractivity contribution is 0.129. The van der Waals surface area contributed by atoms with Crippen molar-refractivity contribution >= 4 is 22.7 Å². The molecule has 6 heteroatoms. The molecule has 128 valence electrons. The maximum atomic E-state index is 14.4. The third-order valence-electron chi connectivity index (χ3n) is 4.26. The summed E-state index contributed by atoms with van der Waals surface area (Å²) < 4.78 is 21.4. The van der Waals surface area contributed by atoms with Crippen molar-refractivity contribution in [2.75, 3.05) is 12.4 Å². The first-order chi connectivity index (χ1) is 12.2. The average Bonchev–Trinajstić information content (AvgIpc) is 3.15. The highest BCUT2D eigenvalue weighted by molar-refractivity contribution is 7.99. The lowest BCUT2D eigenvalue weighted by Gasteiger charge is -2.15. The fourth-order valence-electron chi connectivity index (χ4n) is 3.00. The van der Waals surface area contributed by atoms with E-state index in [1.54, 1.807) is 36.4 Å². The van der Waals surface area contributed by atoms with Crippen LogP contribution in [0.1, 0.15) is 12.8 Å². The fraction of sp³-hybridized carbons (Fsp3) is 0.263. The number of rotatable bonds is 4. The van der Waals surface area contributed by atoms with Gasteiger partial charge >= 0.3 is 0 Å². The number of ether oxygens (including phenoxy) is 1. The molecule has 0 saturated carbocycles. The Morgan fingerprint density at radius 2 is 2.00 bits per heavy atom. The number of hydrogen-bond donors (Lipinski definition) is 0. The highest BCUT2D eigenvalue weighted by Gasteiger charge is 2.20. The SMILES string of the molecule is O=c1c2ccccc2nc(SCC2CCCO2)n1-c1ccccc1F. The minimum absolute atomic E-state index is 0.155. The first-order valence-electron chi connectivity index (χ1n) is 8.25. The quantitative estimate of drug-likeness (QED) is 0.527. The monoisotopic (exact) mass is 356 g/mol. The van der Waals surface area contributed by atoms with Gasteiger partial charge in [-0.05, 0) is 37.1 Å². The number of hydrogen-bond acceptors (Lipinski definition) is 4. The molecule has 0 amide bonds. The molecule has 1 aliphatic rings. The lowest BCUT2D eigenvalue weighted by Crippen LogP contribution is -2.23. The maximum Gasteiger partial charge on any atom is 0.266 e. The molecule has 2 heterocycles. The van der Waals surface area contributed by atoms with Crippen molar-refractivity contribution in [1.82, 2.24) is 9.55 Å². The number of nitrogens with zero attached hydrogens (tertiary/aromatic N) is 2. The molecule has 1 fully saturated rings. The van der Waals surface area contributed by atoms with Crippen molar-refractivity contribution in [3.05, 3.63) is 64.7 Å². The molecule has 1 saturated heterocycles. The minimum atomic E-state index is -0.444. The van der Waals surface area contributed by atoms with Crippen LogP contribution in [0.5, 0.6) is 0 Å². The van der Waals surface area contributed by atoms with E-state index in [9.17, 15) is 9.18 Å². The van der Waals surface area contributed by atoms with Gasteiger partial charge in [-0.3, -0.25) is 9.36 Å². The third-order valence-corrected chi connectivity index (χ3v) is 5.33. The molecule has 0 bridgehead atoms. The van der Waals surface area contributed by atoms with E-state index in [-0.39, 0.29) is 17.4 Å². The second-order valence-corrected chi connectivity index (χ2v) is 6.94. The largest absolute Gasteiger partial charge is 0.377 e. The molecule has 0 radical (unpaired) electrons. The molecule has 4 nitrogen and oxygen atoms in total. The van der Waals surface area contributed by atoms with Gasteiger partial charge in [-0.2, -0.15) is 0 Å². The minimum Gasteiger partial charge on any atom is -0.377 e. The summed E-state index contributed by atoms with van der Waals surface area (Å²) in [4.78, 5) is 17.6. The van der Waals surface area contributed by atoms with E-state index in [2.05, 4.69) is 4.98 Å². The summed E-state index contributed by atoms with van der Waals surface area (Å²) in [7, 11) is 0. The summed E-state index contributed by atoms with van der Waals surface area (Å²) in [5.41, 5.74) is 0.584. The first kappa shape index (κ1) is 16.3. The Morgan fingerprint density at radius 3 is 2.80 bits per heavy atom. The number of fused-ring (bicyclic) bond motifs is 1. The summed E-state index contributed by atoms with van der Waals surface area (Å²) in [6.07, 6.45) is 2.21. The van der Waals surface area contributed by atoms with Crippen LogP contribution in [0.25, 0.3) is 16.6 Å². The second kappa shape index (κ2) is 6.98. The van der Waals surface area contributed by atoms with Gasteiger partial charge in [-0.1, -0.05) is 36.0 Å². The van der Waals surface area contributed by atoms with Gasteiger partial charge in [0.25, 0.3) is 5.56 Å². The predicted molar refractivity (Wildman–Crippen MR) is 97.0 cm³/mol. The van der Waals surface area contributed by atoms with E-state index in [0.717, 1.165) is 19.4 Å². The number of thioether (sulfide) groups is 1. The van der Waals surface area contributed by atoms with Crippen LogP contribution in [0.3, 0.4) is 0 Å². The zero-order valence-electron chi connectivity index (χ0n) is 13.5. The van der Waals surface area contributed by atoms with E-state index in [0.29, 0.717) is 21.8 Å². The average molecular weight is 356 g/mol. The highest BCUT2D eigenvalue weighted by Crippen LogP contribution is 2.26. The summed E-state index contributed by atoms with van der Waals surface area (Å²) in [6.45, 7) is 0.774. The molecule has 1 unspecified atom stereocenters. The zero-order chi connectivity index (χ0) is 17.2. The summed E-state index contributed by atoms with van der Waals surface area (Å²) in [6, 6.07) is 13.4. The molecular formula is C19H17FN2O2S. The molecular weight excluding hydrogens is 339 g/mol. The Bertz CT molecular complexity index is 967. The molecule has 25 heavy (non-hydrogen) atoms. The van der Waals surface area contributed by atoms with E-state index in [1.165, 1.54) is 22.4 Å². The zero-order valence-corrected chi connectivity index (χ0v) is 14.3. The first-order valence-corrected chi connectivity index (χ1v) is 9.24. The Balaban J connectivity index is 1.85. The molecule has 1 atom stereocenters. The molecule has 1 aliphatic heterocycles. The molecule has 2 aromatic carbocycles. The van der Waals surface area contributed by atoms with Gasteiger partial charge in [-0.25, -0.2) is 9.37 Å². The molecule has 0 N–H and O–H groups in total. The summed E-state index contributed by atoms with van der Waals surface area (Å²) >= 11 is 1.44. The van der Waals surface area contributed by atoms with Crippen molar-refractivity contribution in [2.45, 2.75) is 24.1 Å². The van der Waals surface area contributed by atoms with E-state index in [1.807, 2.05) is 6.07 Å². The molecule has 4 rings (SSSR count). The standard InChI is InChI=1S/C19H17FN2O2S/c20-15-8-2-4-10-17(15)22-18(23)14-7-1-3-9-16(14)21-19(22)25-12-13-6-5-11-24-13/h1-4,7-10,13H,5-6,11-12H2. The van der Waals surface area contributed by atoms with Crippen LogP contribution in [0.4, 0.5) is 4.39 Å². The van der Waals surface area contributed by atoms with Gasteiger partial charge in [0.2, 0.25) is 0 Å². The fourth-order valence-corrected chi connectivity index (χ4v) is 4.07. The summed E-state index contributed by atoms with van der Waals surface area (Å²) in [5.74, 6) is 0.250. The third kappa shape index (κ3) is 3.19. The van der Waals surface area contributed by atoms with Crippen LogP contribution < -0.4 is 5.56 Å². The van der Waals surface area contributed by atoms with Crippen molar-refractivity contribution in [3.63, 3.8) is 0 Å². The van der Waals surface area contributed by atoms with Crippen molar-refractivity contribution in [3.8, 4) is 5.69 Å². The van der Waals surface area contributed by atoms with E-state index < -0.39 is 5.82 Å². The van der Waals surface area contributed by atoms with Gasteiger partial charge in [0.1, 0.15) is 5.82 Å².